The average Bonchev–Trinajstić information content (AvgIpc) is 2.74. The Morgan fingerprint density at radius 3 is 2.57 bits per heavy atom. The first kappa shape index (κ1) is 19.5. The van der Waals surface area contributed by atoms with Crippen LogP contribution in [0.2, 0.25) is 0 Å². The van der Waals surface area contributed by atoms with Crippen LogP contribution in [0.15, 0.2) is 30.3 Å². The normalized spacial score (nSPS) is 23.1. The van der Waals surface area contributed by atoms with Crippen LogP contribution in [0.5, 0.6) is 0 Å². The SMILES string of the molecule is CCCC(C)(N)C(=O)NC1CC(C)N(c2ccccc2)C1=O.Cl. The number of carbonyl (C=O) groups is 2. The summed E-state index contributed by atoms with van der Waals surface area (Å²) in [7, 11) is 0. The summed E-state index contributed by atoms with van der Waals surface area (Å²) < 4.78 is 0. The van der Waals surface area contributed by atoms with Crippen molar-refractivity contribution in [2.45, 2.75) is 57.7 Å². The molecule has 1 aromatic carbocycles. The first-order valence-electron chi connectivity index (χ1n) is 7.84. The lowest BCUT2D eigenvalue weighted by atomic mass is 9.96. The fourth-order valence-corrected chi connectivity index (χ4v) is 2.98. The van der Waals surface area contributed by atoms with Crippen molar-refractivity contribution in [3.05, 3.63) is 30.3 Å². The maximum atomic E-state index is 12.6. The molecule has 3 N–H and O–H groups in total. The highest BCUT2D eigenvalue weighted by Crippen LogP contribution is 2.26. The van der Waals surface area contributed by atoms with E-state index in [1.165, 1.54) is 0 Å². The summed E-state index contributed by atoms with van der Waals surface area (Å²) in [4.78, 5) is 26.7. The maximum Gasteiger partial charge on any atom is 0.249 e. The number of rotatable bonds is 5. The second-order valence-corrected chi connectivity index (χ2v) is 6.32. The van der Waals surface area contributed by atoms with Gasteiger partial charge in [-0.05, 0) is 38.8 Å². The minimum atomic E-state index is -0.932. The first-order chi connectivity index (χ1) is 10.4. The van der Waals surface area contributed by atoms with Gasteiger partial charge in [0.15, 0.2) is 0 Å². The lowest BCUT2D eigenvalue weighted by Crippen LogP contribution is -2.55. The molecule has 6 heteroatoms. The Kier molecular flexibility index (Phi) is 6.59. The highest BCUT2D eigenvalue weighted by molar-refractivity contribution is 6.02. The Labute approximate surface area is 144 Å². The van der Waals surface area contributed by atoms with Gasteiger partial charge in [0.2, 0.25) is 11.8 Å². The molecule has 3 atom stereocenters. The molecule has 2 amide bonds. The fraction of sp³-hybridized carbons (Fsp3) is 0.529. The number of hydrogen-bond acceptors (Lipinski definition) is 3. The third kappa shape index (κ3) is 4.24. The molecule has 128 valence electrons. The van der Waals surface area contributed by atoms with E-state index < -0.39 is 11.6 Å². The van der Waals surface area contributed by atoms with Crippen LogP contribution in [0.25, 0.3) is 0 Å². The van der Waals surface area contributed by atoms with Crippen LogP contribution in [0.3, 0.4) is 0 Å². The molecule has 0 aliphatic carbocycles. The zero-order chi connectivity index (χ0) is 16.3. The van der Waals surface area contributed by atoms with Crippen LogP contribution in [0.4, 0.5) is 5.69 Å². The molecule has 1 aliphatic heterocycles. The highest BCUT2D eigenvalue weighted by Gasteiger charge is 2.40. The van der Waals surface area contributed by atoms with Crippen molar-refractivity contribution in [3.8, 4) is 0 Å². The number of nitrogens with zero attached hydrogens (tertiary/aromatic N) is 1. The van der Waals surface area contributed by atoms with E-state index in [0.717, 1.165) is 12.1 Å². The number of benzene rings is 1. The van der Waals surface area contributed by atoms with Gasteiger partial charge in [-0.2, -0.15) is 0 Å². The van der Waals surface area contributed by atoms with Crippen LogP contribution in [-0.4, -0.2) is 29.4 Å². The highest BCUT2D eigenvalue weighted by atomic mass is 35.5. The molecule has 0 bridgehead atoms. The van der Waals surface area contributed by atoms with E-state index in [1.807, 2.05) is 44.2 Å². The van der Waals surface area contributed by atoms with Gasteiger partial charge < -0.3 is 16.0 Å². The Balaban J connectivity index is 0.00000264. The number of carbonyl (C=O) groups excluding carboxylic acids is 2. The maximum absolute atomic E-state index is 12.6. The molecular weight excluding hydrogens is 314 g/mol. The third-order valence-corrected chi connectivity index (χ3v) is 4.18. The van der Waals surface area contributed by atoms with Gasteiger partial charge in [-0.15, -0.1) is 12.4 Å². The summed E-state index contributed by atoms with van der Waals surface area (Å²) in [5, 5.41) is 2.83. The lowest BCUT2D eigenvalue weighted by molar-refractivity contribution is -0.130. The molecule has 1 aliphatic rings. The summed E-state index contributed by atoms with van der Waals surface area (Å²) in [6.45, 7) is 5.69. The summed E-state index contributed by atoms with van der Waals surface area (Å²) in [5.74, 6) is -0.325. The van der Waals surface area contributed by atoms with Crippen LogP contribution in [0, 0.1) is 0 Å². The molecule has 1 saturated heterocycles. The van der Waals surface area contributed by atoms with Gasteiger partial charge in [0.1, 0.15) is 6.04 Å². The molecule has 1 fully saturated rings. The van der Waals surface area contributed by atoms with Crippen molar-refractivity contribution < 1.29 is 9.59 Å². The van der Waals surface area contributed by atoms with Crippen molar-refractivity contribution in [1.29, 1.82) is 0 Å². The molecule has 5 nitrogen and oxygen atoms in total. The van der Waals surface area contributed by atoms with Crippen molar-refractivity contribution in [2.75, 3.05) is 4.90 Å². The molecule has 3 unspecified atom stereocenters. The number of amides is 2. The molecule has 2 rings (SSSR count). The first-order valence-corrected chi connectivity index (χ1v) is 7.84. The summed E-state index contributed by atoms with van der Waals surface area (Å²) >= 11 is 0. The Hall–Kier alpha value is -1.59. The standard InChI is InChI=1S/C17H25N3O2.ClH/c1-4-10-17(3,18)16(22)19-14-11-12(2)20(15(14)21)13-8-6-5-7-9-13;/h5-9,12,14H,4,10-11,18H2,1-3H3,(H,19,22);1H. The molecule has 0 radical (unpaired) electrons. The smallest absolute Gasteiger partial charge is 0.249 e. The van der Waals surface area contributed by atoms with Crippen molar-refractivity contribution >= 4 is 29.9 Å². The predicted octanol–water partition coefficient (Wildman–Crippen LogP) is 2.24. The van der Waals surface area contributed by atoms with Gasteiger partial charge in [-0.1, -0.05) is 31.5 Å². The second kappa shape index (κ2) is 7.79. The monoisotopic (exact) mass is 339 g/mol. The lowest BCUT2D eigenvalue weighted by Gasteiger charge is -2.25. The topological polar surface area (TPSA) is 75.4 Å². The van der Waals surface area contributed by atoms with E-state index in [2.05, 4.69) is 5.32 Å². The van der Waals surface area contributed by atoms with Gasteiger partial charge in [0.05, 0.1) is 5.54 Å². The summed E-state index contributed by atoms with van der Waals surface area (Å²) in [6.07, 6.45) is 2.02. The molecule has 23 heavy (non-hydrogen) atoms. The van der Waals surface area contributed by atoms with Crippen LogP contribution >= 0.6 is 12.4 Å². The van der Waals surface area contributed by atoms with E-state index in [1.54, 1.807) is 11.8 Å². The van der Waals surface area contributed by atoms with E-state index in [0.29, 0.717) is 12.8 Å². The number of para-hydroxylation sites is 1. The predicted molar refractivity (Wildman–Crippen MR) is 94.7 cm³/mol. The molecule has 1 aromatic rings. The average molecular weight is 340 g/mol. The number of halogens is 1. The fourth-order valence-electron chi connectivity index (χ4n) is 2.98. The van der Waals surface area contributed by atoms with Crippen LogP contribution in [-0.2, 0) is 9.59 Å². The van der Waals surface area contributed by atoms with Crippen molar-refractivity contribution in [1.82, 2.24) is 5.32 Å². The van der Waals surface area contributed by atoms with Crippen molar-refractivity contribution in [2.24, 2.45) is 5.73 Å². The van der Waals surface area contributed by atoms with Gasteiger partial charge in [0, 0.05) is 11.7 Å². The van der Waals surface area contributed by atoms with Gasteiger partial charge >= 0.3 is 0 Å². The Morgan fingerprint density at radius 2 is 2.00 bits per heavy atom. The van der Waals surface area contributed by atoms with Crippen LogP contribution in [0.1, 0.15) is 40.0 Å². The summed E-state index contributed by atoms with van der Waals surface area (Å²) in [5.41, 5.74) is 5.97. The molecule has 0 aromatic heterocycles. The minimum absolute atomic E-state index is 0. The van der Waals surface area contributed by atoms with Crippen LogP contribution < -0.4 is 16.0 Å². The number of anilines is 1. The Bertz CT molecular complexity index is 548. The number of hydrogen-bond donors (Lipinski definition) is 2. The molecule has 0 saturated carbocycles. The molecular formula is C17H26ClN3O2. The largest absolute Gasteiger partial charge is 0.343 e. The van der Waals surface area contributed by atoms with Gasteiger partial charge in [-0.3, -0.25) is 9.59 Å². The van der Waals surface area contributed by atoms with Gasteiger partial charge in [-0.25, -0.2) is 0 Å². The van der Waals surface area contributed by atoms with Crippen molar-refractivity contribution in [3.63, 3.8) is 0 Å². The van der Waals surface area contributed by atoms with E-state index >= 15 is 0 Å². The quantitative estimate of drug-likeness (QED) is 0.863. The third-order valence-electron chi connectivity index (χ3n) is 4.18. The number of nitrogens with two attached hydrogens (primary N) is 1. The van der Waals surface area contributed by atoms with E-state index in [-0.39, 0.29) is 30.3 Å². The van der Waals surface area contributed by atoms with E-state index in [4.69, 9.17) is 5.73 Å². The molecule has 1 heterocycles. The second-order valence-electron chi connectivity index (χ2n) is 6.32. The number of nitrogens with one attached hydrogen (secondary N) is 1. The van der Waals surface area contributed by atoms with E-state index in [9.17, 15) is 9.59 Å². The van der Waals surface area contributed by atoms with Gasteiger partial charge in [0.25, 0.3) is 0 Å². The molecule has 0 spiro atoms. The zero-order valence-corrected chi connectivity index (χ0v) is 14.7. The minimum Gasteiger partial charge on any atom is -0.343 e. The zero-order valence-electron chi connectivity index (χ0n) is 13.9. The Morgan fingerprint density at radius 1 is 1.39 bits per heavy atom. The summed E-state index contributed by atoms with van der Waals surface area (Å²) in [6, 6.07) is 9.08.